The predicted molar refractivity (Wildman–Crippen MR) is 139 cm³/mol. The fourth-order valence-corrected chi connectivity index (χ4v) is 6.51. The number of aromatic nitrogens is 2. The highest BCUT2D eigenvalue weighted by Crippen LogP contribution is 2.40. The van der Waals surface area contributed by atoms with Crippen molar-refractivity contribution in [3.8, 4) is 5.69 Å². The minimum atomic E-state index is -1.66. The molecule has 8 heteroatoms. The Morgan fingerprint density at radius 2 is 1.94 bits per heavy atom. The van der Waals surface area contributed by atoms with Crippen LogP contribution in [0.5, 0.6) is 0 Å². The highest BCUT2D eigenvalue weighted by molar-refractivity contribution is 6.89. The van der Waals surface area contributed by atoms with E-state index in [4.69, 9.17) is 4.84 Å². The second-order valence-corrected chi connectivity index (χ2v) is 15.4. The summed E-state index contributed by atoms with van der Waals surface area (Å²) in [6, 6.07) is 12.7. The topological polar surface area (TPSA) is 62.9 Å². The number of oxime groups is 1. The molecular formula is C27H31FN4O2Si. The summed E-state index contributed by atoms with van der Waals surface area (Å²) in [5, 5.41) is 16.1. The summed E-state index contributed by atoms with van der Waals surface area (Å²) in [6.45, 7) is 9.47. The number of aliphatic hydroxyl groups is 1. The van der Waals surface area contributed by atoms with E-state index in [-0.39, 0.29) is 12.4 Å². The standard InChI is InChI=1S/C27H31FN4O2Si/c1-19-16-31(18-29-19)24-12-7-20(15-25(24)35(2,3)4)14-21-6-5-13-32-26(21)30-34-27(32,17-33)22-8-10-23(28)11-9-22/h7-12,14-16,18,33H,5-6,13,17H2,1-4H3. The lowest BCUT2D eigenvalue weighted by Gasteiger charge is -2.38. The third-order valence-corrected chi connectivity index (χ3v) is 8.78. The van der Waals surface area contributed by atoms with Crippen molar-refractivity contribution in [2.45, 2.75) is 45.1 Å². The van der Waals surface area contributed by atoms with E-state index >= 15 is 0 Å². The monoisotopic (exact) mass is 490 g/mol. The van der Waals surface area contributed by atoms with E-state index in [0.717, 1.165) is 35.5 Å². The van der Waals surface area contributed by atoms with Crippen LogP contribution in [0.2, 0.25) is 19.6 Å². The maximum atomic E-state index is 13.5. The Balaban J connectivity index is 1.51. The SMILES string of the molecule is Cc1cn(-c2ccc(C=C3CCCN4C3=NOC4(CO)c3ccc(F)cc3)cc2[Si](C)(C)C)cn1. The van der Waals surface area contributed by atoms with Crippen LogP contribution < -0.4 is 5.19 Å². The number of benzene rings is 2. The Morgan fingerprint density at radius 3 is 2.60 bits per heavy atom. The van der Waals surface area contributed by atoms with E-state index in [1.807, 2.05) is 18.2 Å². The highest BCUT2D eigenvalue weighted by atomic mass is 28.3. The van der Waals surface area contributed by atoms with Crippen molar-refractivity contribution in [1.29, 1.82) is 0 Å². The fraction of sp³-hybridized carbons (Fsp3) is 0.333. The second-order valence-electron chi connectivity index (χ2n) is 10.3. The maximum absolute atomic E-state index is 13.5. The molecule has 0 bridgehead atoms. The maximum Gasteiger partial charge on any atom is 0.260 e. The Bertz CT molecular complexity index is 1310. The summed E-state index contributed by atoms with van der Waals surface area (Å²) >= 11 is 0. The molecule has 2 aromatic carbocycles. The third kappa shape index (κ3) is 4.21. The number of amidine groups is 1. The normalized spacial score (nSPS) is 21.1. The molecule has 1 fully saturated rings. The predicted octanol–water partition coefficient (Wildman–Crippen LogP) is 4.53. The van der Waals surface area contributed by atoms with Gasteiger partial charge < -0.3 is 19.4 Å². The van der Waals surface area contributed by atoms with Gasteiger partial charge in [0.2, 0.25) is 0 Å². The summed E-state index contributed by atoms with van der Waals surface area (Å²) in [6.07, 6.45) is 7.89. The van der Waals surface area contributed by atoms with Crippen LogP contribution in [-0.4, -0.2) is 46.6 Å². The molecule has 3 aromatic rings. The number of piperidine rings is 1. The lowest BCUT2D eigenvalue weighted by molar-refractivity contribution is -0.137. The number of fused-ring (bicyclic) bond motifs is 1. The molecule has 6 nitrogen and oxygen atoms in total. The smallest absolute Gasteiger partial charge is 0.260 e. The van der Waals surface area contributed by atoms with Crippen LogP contribution in [0.4, 0.5) is 4.39 Å². The molecule has 1 unspecified atom stereocenters. The van der Waals surface area contributed by atoms with E-state index in [9.17, 15) is 9.50 Å². The van der Waals surface area contributed by atoms with Crippen molar-refractivity contribution >= 4 is 25.2 Å². The second kappa shape index (κ2) is 8.77. The zero-order chi connectivity index (χ0) is 24.8. The molecule has 0 spiro atoms. The minimum Gasteiger partial charge on any atom is -0.390 e. The molecule has 0 aliphatic carbocycles. The number of nitrogens with zero attached hydrogens (tertiary/aromatic N) is 4. The Kier molecular flexibility index (Phi) is 5.89. The number of imidazole rings is 1. The molecule has 2 aliphatic rings. The van der Waals surface area contributed by atoms with Gasteiger partial charge in [-0.1, -0.05) is 36.9 Å². The van der Waals surface area contributed by atoms with Crippen molar-refractivity contribution < 1.29 is 14.3 Å². The number of aryl methyl sites for hydroxylation is 1. The molecule has 0 saturated carbocycles. The van der Waals surface area contributed by atoms with Crippen molar-refractivity contribution in [3.63, 3.8) is 0 Å². The molecule has 0 amide bonds. The van der Waals surface area contributed by atoms with Gasteiger partial charge in [-0.05, 0) is 72.5 Å². The van der Waals surface area contributed by atoms with Gasteiger partial charge in [0.15, 0.2) is 5.84 Å². The quantitative estimate of drug-likeness (QED) is 0.534. The van der Waals surface area contributed by atoms with Gasteiger partial charge >= 0.3 is 0 Å². The first-order chi connectivity index (χ1) is 16.7. The first kappa shape index (κ1) is 23.5. The van der Waals surface area contributed by atoms with Crippen molar-refractivity contribution in [2.24, 2.45) is 5.16 Å². The summed E-state index contributed by atoms with van der Waals surface area (Å²) in [7, 11) is -1.66. The van der Waals surface area contributed by atoms with Gasteiger partial charge in [-0.25, -0.2) is 9.37 Å². The Morgan fingerprint density at radius 1 is 1.17 bits per heavy atom. The summed E-state index contributed by atoms with van der Waals surface area (Å²) in [4.78, 5) is 12.3. The average Bonchev–Trinajstić information content (AvgIpc) is 3.44. The van der Waals surface area contributed by atoms with Gasteiger partial charge in [-0.2, -0.15) is 0 Å². The average molecular weight is 491 g/mol. The molecule has 182 valence electrons. The van der Waals surface area contributed by atoms with Crippen LogP contribution in [0.15, 0.2) is 65.7 Å². The molecule has 3 heterocycles. The molecule has 0 radical (unpaired) electrons. The van der Waals surface area contributed by atoms with Crippen molar-refractivity contribution in [1.82, 2.24) is 14.5 Å². The molecule has 1 saturated heterocycles. The van der Waals surface area contributed by atoms with Crippen LogP contribution >= 0.6 is 0 Å². The van der Waals surface area contributed by atoms with E-state index in [2.05, 4.69) is 64.8 Å². The molecule has 5 rings (SSSR count). The van der Waals surface area contributed by atoms with Gasteiger partial charge in [0.25, 0.3) is 5.72 Å². The molecule has 35 heavy (non-hydrogen) atoms. The minimum absolute atomic E-state index is 0.280. The number of hydrogen-bond donors (Lipinski definition) is 1. The number of rotatable bonds is 5. The van der Waals surface area contributed by atoms with E-state index in [0.29, 0.717) is 12.1 Å². The summed E-state index contributed by atoms with van der Waals surface area (Å²) in [5.41, 5.74) is 3.91. The Hall–Kier alpha value is -3.23. The highest BCUT2D eigenvalue weighted by Gasteiger charge is 2.49. The van der Waals surface area contributed by atoms with Gasteiger partial charge in [-0.15, -0.1) is 0 Å². The number of hydrogen-bond acceptors (Lipinski definition) is 5. The summed E-state index contributed by atoms with van der Waals surface area (Å²) in [5.74, 6) is 0.409. The van der Waals surface area contributed by atoms with Crippen LogP contribution in [0, 0.1) is 12.7 Å². The van der Waals surface area contributed by atoms with Gasteiger partial charge in [0, 0.05) is 24.0 Å². The van der Waals surface area contributed by atoms with Crippen molar-refractivity contribution in [3.05, 3.63) is 83.2 Å². The molecule has 1 atom stereocenters. The Labute approximate surface area is 206 Å². The van der Waals surface area contributed by atoms with Gasteiger partial charge in [0.1, 0.15) is 12.4 Å². The number of halogens is 1. The third-order valence-electron chi connectivity index (χ3n) is 6.76. The zero-order valence-corrected chi connectivity index (χ0v) is 21.6. The van der Waals surface area contributed by atoms with Crippen LogP contribution in [-0.2, 0) is 10.6 Å². The van der Waals surface area contributed by atoms with Crippen LogP contribution in [0.1, 0.15) is 29.7 Å². The van der Waals surface area contributed by atoms with E-state index in [1.54, 1.807) is 12.1 Å². The van der Waals surface area contributed by atoms with Crippen molar-refractivity contribution in [2.75, 3.05) is 13.2 Å². The van der Waals surface area contributed by atoms with Gasteiger partial charge in [0.05, 0.1) is 20.1 Å². The molecule has 2 aliphatic heterocycles. The van der Waals surface area contributed by atoms with E-state index < -0.39 is 13.8 Å². The summed E-state index contributed by atoms with van der Waals surface area (Å²) < 4.78 is 15.6. The number of aliphatic hydroxyl groups excluding tert-OH is 1. The zero-order valence-electron chi connectivity index (χ0n) is 20.6. The molecule has 1 N–H and O–H groups in total. The van der Waals surface area contributed by atoms with Gasteiger partial charge in [-0.3, -0.25) is 0 Å². The fourth-order valence-electron chi connectivity index (χ4n) is 4.93. The lowest BCUT2D eigenvalue weighted by Crippen LogP contribution is -2.51. The molecule has 1 aromatic heterocycles. The van der Waals surface area contributed by atoms with E-state index in [1.165, 1.54) is 23.0 Å². The van der Waals surface area contributed by atoms with Crippen LogP contribution in [0.3, 0.4) is 0 Å². The molecular weight excluding hydrogens is 459 g/mol. The first-order valence-electron chi connectivity index (χ1n) is 12.0. The largest absolute Gasteiger partial charge is 0.390 e. The lowest BCUT2D eigenvalue weighted by atomic mass is 9.95. The first-order valence-corrected chi connectivity index (χ1v) is 15.5. The van der Waals surface area contributed by atoms with Crippen LogP contribution in [0.25, 0.3) is 11.8 Å².